The molecule has 26 heavy (non-hydrogen) atoms. The summed E-state index contributed by atoms with van der Waals surface area (Å²) < 4.78 is 1.90. The maximum Gasteiger partial charge on any atom is 0.278 e. The standard InChI is InChI=1S/C16H13N9O/c1-25-9-5-4-8-7(3-2-6-18-8)10(9)20-16(25)24-15-19-11-12(22-15)21-14(17)23-13(11)26/h2-6H,1H3,(H5,17,19,20,21,22,23,24,26). The molecule has 128 valence electrons. The maximum absolute atomic E-state index is 11.9. The normalized spacial score (nSPS) is 11.6. The second-order valence-electron chi connectivity index (χ2n) is 5.86. The van der Waals surface area contributed by atoms with Crippen LogP contribution in [0.15, 0.2) is 35.3 Å². The molecule has 0 aliphatic carbocycles. The number of nitrogens with zero attached hydrogens (tertiary/aromatic N) is 5. The first-order valence-corrected chi connectivity index (χ1v) is 7.83. The molecular formula is C16H13N9O. The monoisotopic (exact) mass is 347 g/mol. The molecule has 0 atom stereocenters. The average molecular weight is 347 g/mol. The van der Waals surface area contributed by atoms with E-state index in [1.54, 1.807) is 6.20 Å². The quantitative estimate of drug-likeness (QED) is 0.378. The number of nitrogens with one attached hydrogen (secondary N) is 3. The molecule has 4 aromatic heterocycles. The zero-order chi connectivity index (χ0) is 17.8. The fourth-order valence-electron chi connectivity index (χ4n) is 3.01. The number of anilines is 3. The molecule has 0 saturated heterocycles. The molecule has 4 heterocycles. The first-order valence-electron chi connectivity index (χ1n) is 7.83. The molecule has 1 aromatic carbocycles. The first kappa shape index (κ1) is 14.4. The molecular weight excluding hydrogens is 334 g/mol. The number of nitrogens with two attached hydrogens (primary N) is 1. The second kappa shape index (κ2) is 5.02. The summed E-state index contributed by atoms with van der Waals surface area (Å²) in [5.41, 5.74) is 8.31. The summed E-state index contributed by atoms with van der Waals surface area (Å²) in [7, 11) is 1.89. The summed E-state index contributed by atoms with van der Waals surface area (Å²) in [6.07, 6.45) is 1.75. The van der Waals surface area contributed by atoms with Crippen molar-refractivity contribution in [2.75, 3.05) is 11.1 Å². The fourth-order valence-corrected chi connectivity index (χ4v) is 3.01. The molecule has 0 unspecified atom stereocenters. The molecule has 0 fully saturated rings. The van der Waals surface area contributed by atoms with Crippen LogP contribution in [0.1, 0.15) is 0 Å². The zero-order valence-corrected chi connectivity index (χ0v) is 13.6. The van der Waals surface area contributed by atoms with E-state index in [0.29, 0.717) is 11.9 Å². The lowest BCUT2D eigenvalue weighted by Gasteiger charge is -2.02. The van der Waals surface area contributed by atoms with Crippen LogP contribution in [-0.4, -0.2) is 34.5 Å². The van der Waals surface area contributed by atoms with Crippen LogP contribution in [0.25, 0.3) is 33.1 Å². The molecule has 0 aliphatic rings. The number of nitrogen functional groups attached to an aromatic ring is 1. The Hall–Kier alpha value is -3.95. The minimum absolute atomic E-state index is 0.0160. The van der Waals surface area contributed by atoms with Gasteiger partial charge in [-0.15, -0.1) is 0 Å². The number of hydrogen-bond donors (Lipinski definition) is 4. The highest BCUT2D eigenvalue weighted by molar-refractivity contribution is 6.03. The van der Waals surface area contributed by atoms with Gasteiger partial charge in [0.25, 0.3) is 5.56 Å². The molecule has 5 rings (SSSR count). The lowest BCUT2D eigenvalue weighted by molar-refractivity contribution is 0.953. The van der Waals surface area contributed by atoms with Gasteiger partial charge < -0.3 is 15.3 Å². The summed E-state index contributed by atoms with van der Waals surface area (Å²) in [6.45, 7) is 0. The van der Waals surface area contributed by atoms with E-state index in [4.69, 9.17) is 5.73 Å². The van der Waals surface area contributed by atoms with Crippen LogP contribution >= 0.6 is 0 Å². The van der Waals surface area contributed by atoms with Crippen molar-refractivity contribution in [3.05, 3.63) is 40.8 Å². The Morgan fingerprint density at radius 1 is 1.15 bits per heavy atom. The number of imidazole rings is 2. The van der Waals surface area contributed by atoms with Crippen molar-refractivity contribution < 1.29 is 0 Å². The van der Waals surface area contributed by atoms with Gasteiger partial charge in [0.1, 0.15) is 5.52 Å². The Labute approximate surface area is 145 Å². The van der Waals surface area contributed by atoms with Crippen molar-refractivity contribution in [2.45, 2.75) is 0 Å². The molecule has 0 radical (unpaired) electrons. The average Bonchev–Trinajstić information content (AvgIpc) is 3.17. The number of pyridine rings is 1. The van der Waals surface area contributed by atoms with Crippen molar-refractivity contribution in [1.82, 2.24) is 34.5 Å². The lowest BCUT2D eigenvalue weighted by atomic mass is 10.2. The molecule has 5 N–H and O–H groups in total. The smallest absolute Gasteiger partial charge is 0.278 e. The van der Waals surface area contributed by atoms with E-state index >= 15 is 0 Å². The van der Waals surface area contributed by atoms with Gasteiger partial charge in [0, 0.05) is 18.6 Å². The number of rotatable bonds is 2. The van der Waals surface area contributed by atoms with Crippen molar-refractivity contribution in [2.24, 2.45) is 7.05 Å². The van der Waals surface area contributed by atoms with Gasteiger partial charge in [0.15, 0.2) is 11.2 Å². The molecule has 10 heteroatoms. The van der Waals surface area contributed by atoms with E-state index < -0.39 is 0 Å². The van der Waals surface area contributed by atoms with Gasteiger partial charge >= 0.3 is 0 Å². The van der Waals surface area contributed by atoms with Crippen LogP contribution in [0, 0.1) is 0 Å². The minimum Gasteiger partial charge on any atom is -0.369 e. The van der Waals surface area contributed by atoms with Gasteiger partial charge in [-0.25, -0.2) is 4.98 Å². The van der Waals surface area contributed by atoms with Gasteiger partial charge in [-0.3, -0.25) is 20.1 Å². The second-order valence-corrected chi connectivity index (χ2v) is 5.86. The minimum atomic E-state index is -0.380. The maximum atomic E-state index is 11.9. The van der Waals surface area contributed by atoms with Gasteiger partial charge in [-0.05, 0) is 24.3 Å². The third-order valence-corrected chi connectivity index (χ3v) is 4.24. The summed E-state index contributed by atoms with van der Waals surface area (Å²) in [6, 6.07) is 7.78. The fraction of sp³-hybridized carbons (Fsp3) is 0.0625. The number of fused-ring (bicyclic) bond motifs is 4. The van der Waals surface area contributed by atoms with Crippen LogP contribution < -0.4 is 16.6 Å². The summed E-state index contributed by atoms with van der Waals surface area (Å²) in [5, 5.41) is 4.06. The van der Waals surface area contributed by atoms with E-state index in [2.05, 4.69) is 35.2 Å². The number of H-pyrrole nitrogens is 2. The van der Waals surface area contributed by atoms with Crippen LogP contribution in [0.5, 0.6) is 0 Å². The van der Waals surface area contributed by atoms with Gasteiger partial charge in [0.2, 0.25) is 17.8 Å². The molecule has 0 amide bonds. The van der Waals surface area contributed by atoms with Crippen LogP contribution in [0.3, 0.4) is 0 Å². The predicted molar refractivity (Wildman–Crippen MR) is 98.2 cm³/mol. The van der Waals surface area contributed by atoms with E-state index in [-0.39, 0.29) is 22.7 Å². The van der Waals surface area contributed by atoms with Crippen LogP contribution in [0.2, 0.25) is 0 Å². The Morgan fingerprint density at radius 3 is 2.92 bits per heavy atom. The third kappa shape index (κ3) is 2.02. The molecule has 0 bridgehead atoms. The summed E-state index contributed by atoms with van der Waals surface area (Å²) >= 11 is 0. The number of aromatic nitrogens is 7. The van der Waals surface area contributed by atoms with E-state index in [9.17, 15) is 4.79 Å². The Balaban J connectivity index is 1.65. The van der Waals surface area contributed by atoms with Crippen molar-refractivity contribution >= 4 is 50.9 Å². The highest BCUT2D eigenvalue weighted by atomic mass is 16.1. The summed E-state index contributed by atoms with van der Waals surface area (Å²) in [4.78, 5) is 34.5. The molecule has 0 saturated carbocycles. The Bertz CT molecular complexity index is 1360. The topological polar surface area (TPSA) is 143 Å². The van der Waals surface area contributed by atoms with E-state index in [1.165, 1.54) is 0 Å². The Morgan fingerprint density at radius 2 is 2.04 bits per heavy atom. The van der Waals surface area contributed by atoms with E-state index in [0.717, 1.165) is 21.9 Å². The third-order valence-electron chi connectivity index (χ3n) is 4.24. The van der Waals surface area contributed by atoms with E-state index in [1.807, 2.05) is 35.9 Å². The van der Waals surface area contributed by atoms with Gasteiger partial charge in [-0.1, -0.05) is 0 Å². The highest BCUT2D eigenvalue weighted by Crippen LogP contribution is 2.26. The van der Waals surface area contributed by atoms with Crippen molar-refractivity contribution in [3.8, 4) is 0 Å². The van der Waals surface area contributed by atoms with Gasteiger partial charge in [0.05, 0.1) is 11.0 Å². The number of hydrogen-bond acceptors (Lipinski definition) is 7. The van der Waals surface area contributed by atoms with Crippen LogP contribution in [-0.2, 0) is 7.05 Å². The number of aromatic amines is 2. The number of aryl methyl sites for hydroxylation is 1. The largest absolute Gasteiger partial charge is 0.369 e. The Kier molecular flexibility index (Phi) is 2.78. The summed E-state index contributed by atoms with van der Waals surface area (Å²) in [5.74, 6) is 0.937. The number of benzene rings is 1. The molecule has 0 aliphatic heterocycles. The first-order chi connectivity index (χ1) is 12.6. The van der Waals surface area contributed by atoms with Gasteiger partial charge in [-0.2, -0.15) is 9.97 Å². The van der Waals surface area contributed by atoms with Crippen LogP contribution in [0.4, 0.5) is 17.8 Å². The molecule has 10 nitrogen and oxygen atoms in total. The molecule has 5 aromatic rings. The lowest BCUT2D eigenvalue weighted by Crippen LogP contribution is -2.10. The SMILES string of the molecule is Cn1c(Nc2nc3nc(N)[nH]c(=O)c3[nH]2)nc2c3cccnc3ccc21. The molecule has 0 spiro atoms. The van der Waals surface area contributed by atoms with Crippen molar-refractivity contribution in [1.29, 1.82) is 0 Å². The highest BCUT2D eigenvalue weighted by Gasteiger charge is 2.14. The van der Waals surface area contributed by atoms with Crippen molar-refractivity contribution in [3.63, 3.8) is 0 Å². The zero-order valence-electron chi connectivity index (χ0n) is 13.6. The predicted octanol–water partition coefficient (Wildman–Crippen LogP) is 1.41.